The molecule has 3 aromatic rings. The Balaban J connectivity index is 2.03. The second kappa shape index (κ2) is 8.63. The van der Waals surface area contributed by atoms with E-state index < -0.39 is 14.8 Å². The molecule has 0 saturated heterocycles. The first-order valence-electron chi connectivity index (χ1n) is 9.76. The molecule has 3 aromatic carbocycles. The zero-order chi connectivity index (χ0) is 22.1. The number of carbonyl (C=O) groups excluding carboxylic acids is 2. The first kappa shape index (κ1) is 22.7. The number of hydrogen-bond acceptors (Lipinski definition) is 2. The average Bonchev–Trinajstić information content (AvgIpc) is 2.71. The fourth-order valence-corrected chi connectivity index (χ4v) is 5.94. The van der Waals surface area contributed by atoms with Gasteiger partial charge < -0.3 is 0 Å². The highest BCUT2D eigenvalue weighted by Gasteiger charge is 2.25. The van der Waals surface area contributed by atoms with E-state index in [1.54, 1.807) is 36.4 Å². The van der Waals surface area contributed by atoms with Crippen molar-refractivity contribution in [2.45, 2.75) is 26.2 Å². The van der Waals surface area contributed by atoms with Crippen molar-refractivity contribution in [3.63, 3.8) is 0 Å². The lowest BCUT2D eigenvalue weighted by Gasteiger charge is -2.16. The molecule has 0 bridgehead atoms. The molecule has 2 nitrogen and oxygen atoms in total. The van der Waals surface area contributed by atoms with Gasteiger partial charge in [-0.25, -0.2) is 0 Å². The number of ketones is 2. The molecule has 30 heavy (non-hydrogen) atoms. The van der Waals surface area contributed by atoms with Gasteiger partial charge in [0.15, 0.2) is 26.3 Å². The number of halogens is 2. The number of rotatable bonds is 6. The van der Waals surface area contributed by atoms with Gasteiger partial charge in [0, 0.05) is 22.3 Å². The fraction of sp³-hybridized carbons (Fsp3) is 0.167. The maximum atomic E-state index is 13.3. The summed E-state index contributed by atoms with van der Waals surface area (Å²) in [7, 11) is -4.16. The minimum atomic E-state index is -2.08. The average molecular weight is 472 g/mol. The molecule has 0 heterocycles. The Morgan fingerprint density at radius 1 is 0.600 bits per heavy atom. The van der Waals surface area contributed by atoms with Crippen molar-refractivity contribution in [3.8, 4) is 0 Å². The highest BCUT2D eigenvalue weighted by atomic mass is 35.6. The summed E-state index contributed by atoms with van der Waals surface area (Å²) in [6.07, 6.45) is 0. The van der Waals surface area contributed by atoms with Crippen LogP contribution < -0.4 is 10.4 Å². The zero-order valence-electron chi connectivity index (χ0n) is 17.5. The van der Waals surface area contributed by atoms with Crippen LogP contribution >= 0.6 is 22.2 Å². The third-order valence-corrected chi connectivity index (χ3v) is 9.72. The molecule has 0 aliphatic heterocycles. The maximum Gasteiger partial charge on any atom is 0.193 e. The van der Waals surface area contributed by atoms with Crippen molar-refractivity contribution in [2.24, 2.45) is 0 Å². The van der Waals surface area contributed by atoms with E-state index in [1.807, 2.05) is 62.6 Å². The lowest BCUT2D eigenvalue weighted by molar-refractivity contribution is 0.100. The predicted molar refractivity (Wildman–Crippen MR) is 132 cm³/mol. The molecule has 6 heteroatoms. The number of hydrogen-bond donors (Lipinski definition) is 0. The predicted octanol–water partition coefficient (Wildman–Crippen LogP) is 5.45. The van der Waals surface area contributed by atoms with Crippen molar-refractivity contribution in [1.29, 1.82) is 0 Å². The third kappa shape index (κ3) is 5.01. The van der Waals surface area contributed by atoms with Gasteiger partial charge in [-0.3, -0.25) is 9.59 Å². The van der Waals surface area contributed by atoms with E-state index in [0.29, 0.717) is 22.3 Å². The molecule has 154 valence electrons. The van der Waals surface area contributed by atoms with Crippen molar-refractivity contribution < 1.29 is 9.59 Å². The molecule has 0 aliphatic carbocycles. The van der Waals surface area contributed by atoms with Crippen LogP contribution in [0.1, 0.15) is 31.8 Å². The summed E-state index contributed by atoms with van der Waals surface area (Å²) >= 11 is 13.1. The minimum absolute atomic E-state index is 0.182. The molecule has 0 aliphatic rings. The van der Waals surface area contributed by atoms with Crippen LogP contribution in [0.4, 0.5) is 0 Å². The van der Waals surface area contributed by atoms with Crippen LogP contribution in [-0.2, 0) is 0 Å². The Morgan fingerprint density at radius 2 is 0.967 bits per heavy atom. The molecule has 0 radical (unpaired) electrons. The highest BCUT2D eigenvalue weighted by molar-refractivity contribution is 7.26. The monoisotopic (exact) mass is 470 g/mol. The SMILES string of the molecule is C[Si](C)(Cl)c1cccc(C(=O)c2ccccc2C(=O)c2cccc([Si](C)(C)Cl)c2)c1. The van der Waals surface area contributed by atoms with Gasteiger partial charge in [0.2, 0.25) is 0 Å². The zero-order valence-corrected chi connectivity index (χ0v) is 21.0. The van der Waals surface area contributed by atoms with Gasteiger partial charge in [-0.1, -0.05) is 99.0 Å². The summed E-state index contributed by atoms with van der Waals surface area (Å²) in [5.74, 6) is -0.363. The van der Waals surface area contributed by atoms with Gasteiger partial charge in [-0.2, -0.15) is 22.2 Å². The summed E-state index contributed by atoms with van der Waals surface area (Å²) in [4.78, 5) is 26.6. The quantitative estimate of drug-likeness (QED) is 0.272. The Labute approximate surface area is 189 Å². The topological polar surface area (TPSA) is 34.1 Å². The maximum absolute atomic E-state index is 13.3. The van der Waals surface area contributed by atoms with Gasteiger partial charge in [0.1, 0.15) is 0 Å². The molecule has 0 unspecified atom stereocenters. The van der Waals surface area contributed by atoms with E-state index in [4.69, 9.17) is 22.2 Å². The van der Waals surface area contributed by atoms with Crippen LogP contribution in [0.15, 0.2) is 72.8 Å². The van der Waals surface area contributed by atoms with Crippen LogP contribution in [-0.4, -0.2) is 26.3 Å². The van der Waals surface area contributed by atoms with E-state index in [2.05, 4.69) is 0 Å². The summed E-state index contributed by atoms with van der Waals surface area (Å²) in [5.41, 5.74) is 1.86. The Morgan fingerprint density at radius 3 is 1.30 bits per heavy atom. The van der Waals surface area contributed by atoms with Crippen LogP contribution in [0.5, 0.6) is 0 Å². The van der Waals surface area contributed by atoms with Gasteiger partial charge >= 0.3 is 0 Å². The van der Waals surface area contributed by atoms with Crippen LogP contribution in [0.2, 0.25) is 26.2 Å². The molecule has 0 atom stereocenters. The van der Waals surface area contributed by atoms with Gasteiger partial charge in [-0.15, -0.1) is 0 Å². The lowest BCUT2D eigenvalue weighted by atomic mass is 9.93. The first-order valence-corrected chi connectivity index (χ1v) is 17.8. The summed E-state index contributed by atoms with van der Waals surface area (Å²) in [5, 5.41) is 1.97. The van der Waals surface area contributed by atoms with E-state index >= 15 is 0 Å². The minimum Gasteiger partial charge on any atom is -0.289 e. The van der Waals surface area contributed by atoms with Crippen molar-refractivity contribution in [2.75, 3.05) is 0 Å². The molecule has 0 N–H and O–H groups in total. The van der Waals surface area contributed by atoms with E-state index in [0.717, 1.165) is 10.4 Å². The van der Waals surface area contributed by atoms with Gasteiger partial charge in [0.25, 0.3) is 0 Å². The molecule has 0 aromatic heterocycles. The third-order valence-electron chi connectivity index (χ3n) is 5.04. The van der Waals surface area contributed by atoms with Crippen LogP contribution in [0, 0.1) is 0 Å². The standard InChI is InChI=1S/C24H24Cl2O2Si2/c1-29(2,25)19-11-7-9-17(15-19)23(27)21-13-5-6-14-22(21)24(28)18-10-8-12-20(16-18)30(3,4)26/h5-16H,1-4H3. The molecule has 3 rings (SSSR count). The Hall–Kier alpha value is -1.99. The fourth-order valence-electron chi connectivity index (χ4n) is 3.25. The first-order chi connectivity index (χ1) is 14.0. The lowest BCUT2D eigenvalue weighted by Crippen LogP contribution is -2.35. The van der Waals surface area contributed by atoms with Crippen LogP contribution in [0.25, 0.3) is 0 Å². The molecule has 0 fully saturated rings. The summed E-state index contributed by atoms with van der Waals surface area (Å²) in [6, 6.07) is 21.8. The molecule has 0 amide bonds. The molecule has 0 saturated carbocycles. The Bertz CT molecular complexity index is 1020. The van der Waals surface area contributed by atoms with Crippen molar-refractivity contribution in [1.82, 2.24) is 0 Å². The highest BCUT2D eigenvalue weighted by Crippen LogP contribution is 2.20. The van der Waals surface area contributed by atoms with E-state index in [1.165, 1.54) is 0 Å². The molecule has 0 spiro atoms. The molecular formula is C24H24Cl2O2Si2. The smallest absolute Gasteiger partial charge is 0.193 e. The summed E-state index contributed by atoms with van der Waals surface area (Å²) in [6.45, 7) is 8.07. The van der Waals surface area contributed by atoms with Gasteiger partial charge in [-0.05, 0) is 10.4 Å². The largest absolute Gasteiger partial charge is 0.289 e. The number of benzene rings is 3. The van der Waals surface area contributed by atoms with E-state index in [9.17, 15) is 9.59 Å². The van der Waals surface area contributed by atoms with Gasteiger partial charge in [0.05, 0.1) is 0 Å². The summed E-state index contributed by atoms with van der Waals surface area (Å²) < 4.78 is 0. The van der Waals surface area contributed by atoms with Crippen molar-refractivity contribution in [3.05, 3.63) is 95.1 Å². The van der Waals surface area contributed by atoms with E-state index in [-0.39, 0.29) is 11.6 Å². The molecular weight excluding hydrogens is 447 g/mol. The van der Waals surface area contributed by atoms with Crippen LogP contribution in [0.3, 0.4) is 0 Å². The Kier molecular flexibility index (Phi) is 6.53. The number of carbonyl (C=O) groups is 2. The second-order valence-corrected chi connectivity index (χ2v) is 21.0. The normalized spacial score (nSPS) is 11.9. The second-order valence-electron chi connectivity index (χ2n) is 8.31. The van der Waals surface area contributed by atoms with Crippen molar-refractivity contribution >= 4 is 58.9 Å².